The van der Waals surface area contributed by atoms with Crippen LogP contribution in [0.25, 0.3) is 0 Å². The van der Waals surface area contributed by atoms with Crippen LogP contribution in [-0.4, -0.2) is 9.79 Å². The molecule has 0 radical (unpaired) electrons. The van der Waals surface area contributed by atoms with Crippen LogP contribution >= 0.6 is 7.60 Å². The monoisotopic (exact) mass is 190 g/mol. The number of alkyl halides is 1. The van der Waals surface area contributed by atoms with Gasteiger partial charge in [-0.05, 0) is 17.7 Å². The first-order valence-electron chi connectivity index (χ1n) is 3.25. The van der Waals surface area contributed by atoms with Crippen LogP contribution < -0.4 is 5.30 Å². The van der Waals surface area contributed by atoms with E-state index in [2.05, 4.69) is 0 Å². The zero-order valence-corrected chi connectivity index (χ0v) is 7.04. The van der Waals surface area contributed by atoms with Crippen LogP contribution in [0.1, 0.15) is 5.56 Å². The van der Waals surface area contributed by atoms with Gasteiger partial charge < -0.3 is 9.79 Å². The fourth-order valence-electron chi connectivity index (χ4n) is 0.779. The molecule has 3 nitrogen and oxygen atoms in total. The molecule has 1 aromatic carbocycles. The summed E-state index contributed by atoms with van der Waals surface area (Å²) in [4.78, 5) is 17.3. The number of halogens is 1. The van der Waals surface area contributed by atoms with Gasteiger partial charge in [0.1, 0.15) is 6.67 Å². The van der Waals surface area contributed by atoms with Gasteiger partial charge >= 0.3 is 7.60 Å². The third-order valence-corrected chi connectivity index (χ3v) is 2.40. The van der Waals surface area contributed by atoms with Crippen molar-refractivity contribution in [3.8, 4) is 0 Å². The van der Waals surface area contributed by atoms with Crippen molar-refractivity contribution in [3.05, 3.63) is 29.8 Å². The number of hydrogen-bond donors (Lipinski definition) is 2. The molecule has 0 fully saturated rings. The minimum atomic E-state index is -4.17. The molecule has 0 unspecified atom stereocenters. The summed E-state index contributed by atoms with van der Waals surface area (Å²) in [6.07, 6.45) is 0. The molecule has 2 N–H and O–H groups in total. The number of benzene rings is 1. The summed E-state index contributed by atoms with van der Waals surface area (Å²) in [5, 5.41) is -0.0836. The third-order valence-electron chi connectivity index (χ3n) is 1.43. The highest BCUT2D eigenvalue weighted by atomic mass is 31.2. The Bertz CT molecular complexity index is 303. The van der Waals surface area contributed by atoms with Gasteiger partial charge in [0.15, 0.2) is 0 Å². The molecule has 5 heteroatoms. The van der Waals surface area contributed by atoms with Crippen LogP contribution in [0.15, 0.2) is 24.3 Å². The van der Waals surface area contributed by atoms with E-state index in [0.717, 1.165) is 0 Å². The van der Waals surface area contributed by atoms with E-state index >= 15 is 0 Å². The highest BCUT2D eigenvalue weighted by Gasteiger charge is 2.15. The first-order chi connectivity index (χ1) is 5.54. The molecule has 0 spiro atoms. The topological polar surface area (TPSA) is 57.5 Å². The molecular formula is C7H8FO3P. The van der Waals surface area contributed by atoms with Crippen molar-refractivity contribution in [2.24, 2.45) is 0 Å². The second-order valence-corrected chi connectivity index (χ2v) is 3.95. The Morgan fingerprint density at radius 2 is 1.75 bits per heavy atom. The fraction of sp³-hybridized carbons (Fsp3) is 0.143. The lowest BCUT2D eigenvalue weighted by Gasteiger charge is -2.03. The van der Waals surface area contributed by atoms with Gasteiger partial charge in [-0.2, -0.15) is 0 Å². The van der Waals surface area contributed by atoms with Crippen LogP contribution in [0.2, 0.25) is 0 Å². The molecule has 0 saturated heterocycles. The minimum Gasteiger partial charge on any atom is -0.321 e. The summed E-state index contributed by atoms with van der Waals surface area (Å²) < 4.78 is 22.6. The molecule has 0 bridgehead atoms. The Morgan fingerprint density at radius 3 is 2.08 bits per heavy atom. The maximum atomic E-state index is 12.0. The second-order valence-electron chi connectivity index (χ2n) is 2.34. The average molecular weight is 190 g/mol. The first kappa shape index (κ1) is 9.39. The molecule has 1 rings (SSSR count). The molecule has 0 aliphatic heterocycles. The van der Waals surface area contributed by atoms with E-state index in [1.54, 1.807) is 0 Å². The van der Waals surface area contributed by atoms with Crippen molar-refractivity contribution >= 4 is 12.9 Å². The second kappa shape index (κ2) is 3.35. The SMILES string of the molecule is O=P(O)(O)c1ccc(CF)cc1. The van der Waals surface area contributed by atoms with Gasteiger partial charge in [-0.25, -0.2) is 4.39 Å². The van der Waals surface area contributed by atoms with E-state index in [-0.39, 0.29) is 5.30 Å². The summed E-state index contributed by atoms with van der Waals surface area (Å²) >= 11 is 0. The van der Waals surface area contributed by atoms with E-state index in [4.69, 9.17) is 9.79 Å². The minimum absolute atomic E-state index is 0.0836. The summed E-state index contributed by atoms with van der Waals surface area (Å²) in [5.41, 5.74) is 0.409. The highest BCUT2D eigenvalue weighted by Crippen LogP contribution is 2.32. The molecule has 0 aliphatic rings. The number of hydrogen-bond acceptors (Lipinski definition) is 1. The number of rotatable bonds is 2. The van der Waals surface area contributed by atoms with E-state index < -0.39 is 14.3 Å². The standard InChI is InChI=1S/C7H8FO3P/c8-5-6-1-3-7(4-2-6)12(9,10)11/h1-4H,5H2,(H2,9,10,11). The molecule has 0 aliphatic carbocycles. The molecule has 0 heterocycles. The highest BCUT2D eigenvalue weighted by molar-refractivity contribution is 7.60. The maximum absolute atomic E-state index is 12.0. The molecular weight excluding hydrogens is 182 g/mol. The molecule has 0 amide bonds. The average Bonchev–Trinajstić information content (AvgIpc) is 2.03. The van der Waals surface area contributed by atoms with Crippen LogP contribution in [0, 0.1) is 0 Å². The first-order valence-corrected chi connectivity index (χ1v) is 4.86. The lowest BCUT2D eigenvalue weighted by atomic mass is 10.2. The summed E-state index contributed by atoms with van der Waals surface area (Å²) in [7, 11) is -4.17. The van der Waals surface area contributed by atoms with Crippen molar-refractivity contribution in [3.63, 3.8) is 0 Å². The van der Waals surface area contributed by atoms with Gasteiger partial charge in [0.05, 0.1) is 5.30 Å². The molecule has 66 valence electrons. The van der Waals surface area contributed by atoms with Gasteiger partial charge in [0.25, 0.3) is 0 Å². The van der Waals surface area contributed by atoms with Crippen LogP contribution in [0.3, 0.4) is 0 Å². The Kier molecular flexibility index (Phi) is 2.62. The van der Waals surface area contributed by atoms with Crippen molar-refractivity contribution in [2.45, 2.75) is 6.67 Å². The Labute approximate surface area is 69.0 Å². The zero-order chi connectivity index (χ0) is 9.19. The van der Waals surface area contributed by atoms with E-state index in [1.165, 1.54) is 24.3 Å². The van der Waals surface area contributed by atoms with Crippen molar-refractivity contribution in [2.75, 3.05) is 0 Å². The lowest BCUT2D eigenvalue weighted by Crippen LogP contribution is -2.02. The van der Waals surface area contributed by atoms with Gasteiger partial charge in [0, 0.05) is 0 Å². The summed E-state index contributed by atoms with van der Waals surface area (Å²) in [6.45, 7) is -0.624. The normalized spacial score (nSPS) is 11.6. The predicted molar refractivity (Wildman–Crippen MR) is 42.9 cm³/mol. The van der Waals surface area contributed by atoms with E-state index in [0.29, 0.717) is 5.56 Å². The predicted octanol–water partition coefficient (Wildman–Crippen LogP) is 0.959. The molecule has 12 heavy (non-hydrogen) atoms. The summed E-state index contributed by atoms with van der Waals surface area (Å²) in [6, 6.07) is 5.17. The van der Waals surface area contributed by atoms with Crippen LogP contribution in [-0.2, 0) is 11.2 Å². The maximum Gasteiger partial charge on any atom is 0.356 e. The Morgan fingerprint density at radius 1 is 1.25 bits per heavy atom. The van der Waals surface area contributed by atoms with E-state index in [1.807, 2.05) is 0 Å². The third kappa shape index (κ3) is 2.14. The largest absolute Gasteiger partial charge is 0.356 e. The van der Waals surface area contributed by atoms with Crippen LogP contribution in [0.5, 0.6) is 0 Å². The van der Waals surface area contributed by atoms with Crippen LogP contribution in [0.4, 0.5) is 4.39 Å². The smallest absolute Gasteiger partial charge is 0.321 e. The Hall–Kier alpha value is -0.700. The quantitative estimate of drug-likeness (QED) is 0.683. The van der Waals surface area contributed by atoms with Gasteiger partial charge in [-0.3, -0.25) is 4.57 Å². The molecule has 1 aromatic rings. The fourth-order valence-corrected chi connectivity index (χ4v) is 1.32. The Balaban J connectivity index is 3.01. The van der Waals surface area contributed by atoms with Crippen molar-refractivity contribution in [1.29, 1.82) is 0 Å². The van der Waals surface area contributed by atoms with Crippen molar-refractivity contribution in [1.82, 2.24) is 0 Å². The van der Waals surface area contributed by atoms with Gasteiger partial charge in [0.2, 0.25) is 0 Å². The molecule has 0 aromatic heterocycles. The molecule has 0 saturated carbocycles. The van der Waals surface area contributed by atoms with Crippen molar-refractivity contribution < 1.29 is 18.7 Å². The lowest BCUT2D eigenvalue weighted by molar-refractivity contribution is 0.387. The van der Waals surface area contributed by atoms with Gasteiger partial charge in [-0.1, -0.05) is 12.1 Å². The summed E-state index contributed by atoms with van der Waals surface area (Å²) in [5.74, 6) is 0. The van der Waals surface area contributed by atoms with Gasteiger partial charge in [-0.15, -0.1) is 0 Å². The van der Waals surface area contributed by atoms with E-state index in [9.17, 15) is 8.96 Å². The zero-order valence-electron chi connectivity index (χ0n) is 6.14. The molecule has 0 atom stereocenters.